The molecule has 0 amide bonds. The number of aryl methyl sites for hydroxylation is 2. The first-order valence-electron chi connectivity index (χ1n) is 6.01. The Labute approximate surface area is 115 Å². The Morgan fingerprint density at radius 1 is 1.42 bits per heavy atom. The lowest BCUT2D eigenvalue weighted by molar-refractivity contribution is 0.756. The van der Waals surface area contributed by atoms with E-state index in [4.69, 9.17) is 5.73 Å². The number of nitrogens with two attached hydrogens (primary N) is 1. The molecule has 0 saturated carbocycles. The molecule has 0 fully saturated rings. The molecule has 0 aliphatic rings. The molecule has 3 N–H and O–H groups in total. The fourth-order valence-corrected chi connectivity index (χ4v) is 2.92. The second kappa shape index (κ2) is 4.55. The molecule has 2 heterocycles. The predicted molar refractivity (Wildman–Crippen MR) is 79.3 cm³/mol. The number of nitrogens with zero attached hydrogens (tertiary/aromatic N) is 3. The Morgan fingerprint density at radius 2 is 2.26 bits per heavy atom. The molecule has 0 bridgehead atoms. The molecule has 0 radical (unpaired) electrons. The Bertz CT molecular complexity index is 728. The number of nitrogen functional groups attached to an aromatic ring is 1. The van der Waals surface area contributed by atoms with E-state index >= 15 is 0 Å². The minimum Gasteiger partial charge on any atom is -0.399 e. The number of benzene rings is 1. The van der Waals surface area contributed by atoms with E-state index in [-0.39, 0.29) is 0 Å². The van der Waals surface area contributed by atoms with Crippen LogP contribution in [-0.4, -0.2) is 14.8 Å². The lowest BCUT2D eigenvalue weighted by atomic mass is 10.3. The van der Waals surface area contributed by atoms with E-state index in [0.29, 0.717) is 0 Å². The fourth-order valence-electron chi connectivity index (χ4n) is 2.01. The normalized spacial score (nSPS) is 11.1. The average molecular weight is 273 g/mol. The van der Waals surface area contributed by atoms with Gasteiger partial charge in [0.25, 0.3) is 0 Å². The van der Waals surface area contributed by atoms with Crippen LogP contribution in [0.15, 0.2) is 24.4 Å². The van der Waals surface area contributed by atoms with Crippen molar-refractivity contribution in [1.29, 1.82) is 0 Å². The van der Waals surface area contributed by atoms with Crippen LogP contribution < -0.4 is 11.1 Å². The second-order valence-electron chi connectivity index (χ2n) is 4.51. The molecular formula is C13H15N5S. The summed E-state index contributed by atoms with van der Waals surface area (Å²) >= 11 is 1.61. The summed E-state index contributed by atoms with van der Waals surface area (Å²) in [5.74, 6) is 0. The van der Waals surface area contributed by atoms with Crippen molar-refractivity contribution >= 4 is 32.4 Å². The zero-order valence-electron chi connectivity index (χ0n) is 10.8. The highest BCUT2D eigenvalue weighted by molar-refractivity contribution is 7.22. The van der Waals surface area contributed by atoms with Crippen LogP contribution >= 0.6 is 11.3 Å². The standard InChI is InChI=1S/C13H15N5S/c1-8-9(7-18(2)17-8)6-15-13-16-11-4-3-10(14)5-12(11)19-13/h3-5,7H,6,14H2,1-2H3,(H,15,16). The summed E-state index contributed by atoms with van der Waals surface area (Å²) in [7, 11) is 1.93. The van der Waals surface area contributed by atoms with Crippen molar-refractivity contribution in [3.05, 3.63) is 35.7 Å². The minimum atomic E-state index is 0.731. The van der Waals surface area contributed by atoms with Crippen molar-refractivity contribution in [2.24, 2.45) is 7.05 Å². The van der Waals surface area contributed by atoms with Crippen molar-refractivity contribution in [1.82, 2.24) is 14.8 Å². The summed E-state index contributed by atoms with van der Waals surface area (Å²) in [6.07, 6.45) is 2.02. The fraction of sp³-hybridized carbons (Fsp3) is 0.231. The van der Waals surface area contributed by atoms with E-state index in [1.807, 2.05) is 43.0 Å². The monoisotopic (exact) mass is 273 g/mol. The average Bonchev–Trinajstić information content (AvgIpc) is 2.89. The first kappa shape index (κ1) is 12.0. The first-order valence-corrected chi connectivity index (χ1v) is 6.82. The van der Waals surface area contributed by atoms with Gasteiger partial charge in [-0.2, -0.15) is 5.10 Å². The molecule has 0 atom stereocenters. The zero-order chi connectivity index (χ0) is 13.4. The third-order valence-corrected chi connectivity index (χ3v) is 3.93. The van der Waals surface area contributed by atoms with Gasteiger partial charge in [-0.05, 0) is 25.1 Å². The SMILES string of the molecule is Cc1nn(C)cc1CNc1nc2ccc(N)cc2s1. The van der Waals surface area contributed by atoms with Crippen molar-refractivity contribution in [2.75, 3.05) is 11.1 Å². The molecule has 3 rings (SSSR count). The van der Waals surface area contributed by atoms with Crippen LogP contribution in [0.5, 0.6) is 0 Å². The third kappa shape index (κ3) is 2.39. The van der Waals surface area contributed by atoms with E-state index in [1.54, 1.807) is 11.3 Å². The predicted octanol–water partition coefficient (Wildman–Crippen LogP) is 2.53. The summed E-state index contributed by atoms with van der Waals surface area (Å²) < 4.78 is 2.93. The molecule has 98 valence electrons. The molecule has 19 heavy (non-hydrogen) atoms. The van der Waals surface area contributed by atoms with E-state index in [2.05, 4.69) is 15.4 Å². The van der Waals surface area contributed by atoms with Gasteiger partial charge in [-0.25, -0.2) is 4.98 Å². The van der Waals surface area contributed by atoms with Gasteiger partial charge in [0, 0.05) is 31.0 Å². The molecule has 0 aliphatic carbocycles. The van der Waals surface area contributed by atoms with Gasteiger partial charge in [0.2, 0.25) is 0 Å². The van der Waals surface area contributed by atoms with Crippen LogP contribution in [0, 0.1) is 6.92 Å². The smallest absolute Gasteiger partial charge is 0.184 e. The summed E-state index contributed by atoms with van der Waals surface area (Å²) in [6.45, 7) is 2.74. The Kier molecular flexibility index (Phi) is 2.87. The van der Waals surface area contributed by atoms with Crippen LogP contribution in [-0.2, 0) is 13.6 Å². The molecule has 0 aliphatic heterocycles. The minimum absolute atomic E-state index is 0.731. The Balaban J connectivity index is 1.80. The Morgan fingerprint density at radius 3 is 3.00 bits per heavy atom. The van der Waals surface area contributed by atoms with Crippen molar-refractivity contribution < 1.29 is 0 Å². The van der Waals surface area contributed by atoms with Gasteiger partial charge < -0.3 is 11.1 Å². The lowest BCUT2D eigenvalue weighted by Crippen LogP contribution is -1.99. The molecule has 6 heteroatoms. The maximum Gasteiger partial charge on any atom is 0.184 e. The molecule has 0 unspecified atom stereocenters. The Hall–Kier alpha value is -2.08. The summed E-state index contributed by atoms with van der Waals surface area (Å²) in [5, 5.41) is 8.56. The number of thiazole rings is 1. The van der Waals surface area contributed by atoms with Crippen LogP contribution in [0.3, 0.4) is 0 Å². The molecule has 0 saturated heterocycles. The summed E-state index contributed by atoms with van der Waals surface area (Å²) in [6, 6.07) is 5.77. The van der Waals surface area contributed by atoms with E-state index in [0.717, 1.165) is 33.3 Å². The quantitative estimate of drug-likeness (QED) is 0.720. The highest BCUT2D eigenvalue weighted by Crippen LogP contribution is 2.27. The van der Waals surface area contributed by atoms with Crippen LogP contribution in [0.4, 0.5) is 10.8 Å². The molecule has 0 spiro atoms. The topological polar surface area (TPSA) is 68.8 Å². The van der Waals surface area contributed by atoms with Gasteiger partial charge in [-0.1, -0.05) is 11.3 Å². The molecular weight excluding hydrogens is 258 g/mol. The summed E-state index contributed by atoms with van der Waals surface area (Å²) in [5.41, 5.74) is 9.74. The molecule has 3 aromatic rings. The van der Waals surface area contributed by atoms with Gasteiger partial charge in [0.15, 0.2) is 5.13 Å². The highest BCUT2D eigenvalue weighted by Gasteiger charge is 2.06. The lowest BCUT2D eigenvalue weighted by Gasteiger charge is -1.99. The molecule has 2 aromatic heterocycles. The molecule has 1 aromatic carbocycles. The first-order chi connectivity index (χ1) is 9.11. The second-order valence-corrected chi connectivity index (χ2v) is 5.54. The third-order valence-electron chi connectivity index (χ3n) is 2.96. The summed E-state index contributed by atoms with van der Waals surface area (Å²) in [4.78, 5) is 4.53. The van der Waals surface area contributed by atoms with Gasteiger partial charge in [-0.15, -0.1) is 0 Å². The number of hydrogen-bond donors (Lipinski definition) is 2. The number of nitrogens with one attached hydrogen (secondary N) is 1. The maximum absolute atomic E-state index is 5.77. The van der Waals surface area contributed by atoms with E-state index < -0.39 is 0 Å². The number of hydrogen-bond acceptors (Lipinski definition) is 5. The van der Waals surface area contributed by atoms with Crippen LogP contribution in [0.25, 0.3) is 10.2 Å². The number of aromatic nitrogens is 3. The number of anilines is 2. The van der Waals surface area contributed by atoms with Gasteiger partial charge in [0.05, 0.1) is 15.9 Å². The van der Waals surface area contributed by atoms with Crippen LogP contribution in [0.1, 0.15) is 11.3 Å². The molecule has 5 nitrogen and oxygen atoms in total. The van der Waals surface area contributed by atoms with Crippen molar-refractivity contribution in [3.63, 3.8) is 0 Å². The maximum atomic E-state index is 5.77. The van der Waals surface area contributed by atoms with Crippen molar-refractivity contribution in [2.45, 2.75) is 13.5 Å². The number of rotatable bonds is 3. The van der Waals surface area contributed by atoms with Crippen LogP contribution in [0.2, 0.25) is 0 Å². The van der Waals surface area contributed by atoms with Gasteiger partial charge in [-0.3, -0.25) is 4.68 Å². The zero-order valence-corrected chi connectivity index (χ0v) is 11.7. The highest BCUT2D eigenvalue weighted by atomic mass is 32.1. The van der Waals surface area contributed by atoms with Gasteiger partial charge in [0.1, 0.15) is 0 Å². The van der Waals surface area contributed by atoms with E-state index in [9.17, 15) is 0 Å². The van der Waals surface area contributed by atoms with Gasteiger partial charge >= 0.3 is 0 Å². The largest absolute Gasteiger partial charge is 0.399 e. The van der Waals surface area contributed by atoms with E-state index in [1.165, 1.54) is 5.56 Å². The van der Waals surface area contributed by atoms with Crippen molar-refractivity contribution in [3.8, 4) is 0 Å². The number of fused-ring (bicyclic) bond motifs is 1.